The SMILES string of the molecule is O=C1N[C@@H](Cc2ccccc2)[Si](O)(O)[C@](Cc2ccccc2)(Cc2ccc(CO)cc2)N1Cc1ccc(CO)cc1. The van der Waals surface area contributed by atoms with Gasteiger partial charge in [0.05, 0.1) is 24.0 Å². The first-order chi connectivity index (χ1) is 19.8. The Bertz CT molecular complexity index is 1430. The average molecular weight is 569 g/mol. The third kappa shape index (κ3) is 6.12. The summed E-state index contributed by atoms with van der Waals surface area (Å²) in [6.45, 7) is -0.0185. The molecule has 0 bridgehead atoms. The molecule has 1 aliphatic heterocycles. The molecule has 41 heavy (non-hydrogen) atoms. The van der Waals surface area contributed by atoms with E-state index in [0.29, 0.717) is 6.42 Å². The zero-order chi connectivity index (χ0) is 28.9. The van der Waals surface area contributed by atoms with Crippen molar-refractivity contribution >= 4 is 14.6 Å². The summed E-state index contributed by atoms with van der Waals surface area (Å²) >= 11 is 0. The summed E-state index contributed by atoms with van der Waals surface area (Å²) in [7, 11) is -4.34. The van der Waals surface area contributed by atoms with Crippen molar-refractivity contribution in [3.05, 3.63) is 143 Å². The molecule has 0 spiro atoms. The van der Waals surface area contributed by atoms with Crippen LogP contribution in [0.4, 0.5) is 4.79 Å². The number of aliphatic hydroxyl groups excluding tert-OH is 2. The van der Waals surface area contributed by atoms with E-state index >= 15 is 0 Å². The Balaban J connectivity index is 1.64. The van der Waals surface area contributed by atoms with Crippen LogP contribution in [0, 0.1) is 0 Å². The maximum absolute atomic E-state index is 14.0. The first kappa shape index (κ1) is 28.7. The van der Waals surface area contributed by atoms with E-state index in [4.69, 9.17) is 0 Å². The Morgan fingerprint density at radius 2 is 1.07 bits per heavy atom. The highest BCUT2D eigenvalue weighted by Crippen LogP contribution is 2.39. The lowest BCUT2D eigenvalue weighted by Gasteiger charge is -2.55. The zero-order valence-electron chi connectivity index (χ0n) is 22.9. The van der Waals surface area contributed by atoms with Gasteiger partial charge >= 0.3 is 14.6 Å². The fourth-order valence-corrected chi connectivity index (χ4v) is 8.79. The van der Waals surface area contributed by atoms with E-state index in [0.717, 1.165) is 33.4 Å². The number of hydrogen-bond donors (Lipinski definition) is 5. The number of urea groups is 1. The lowest BCUT2D eigenvalue weighted by atomic mass is 9.95. The molecule has 1 fully saturated rings. The molecule has 2 atom stereocenters. The number of amides is 2. The van der Waals surface area contributed by atoms with E-state index in [1.54, 1.807) is 4.90 Å². The smallest absolute Gasteiger partial charge is 0.383 e. The van der Waals surface area contributed by atoms with Crippen LogP contribution in [-0.2, 0) is 39.0 Å². The van der Waals surface area contributed by atoms with Gasteiger partial charge in [0.2, 0.25) is 0 Å². The summed E-state index contributed by atoms with van der Waals surface area (Å²) in [6, 6.07) is 33.6. The second-order valence-electron chi connectivity index (χ2n) is 10.8. The van der Waals surface area contributed by atoms with Crippen LogP contribution in [-0.4, -0.2) is 50.1 Å². The number of nitrogens with zero attached hydrogens (tertiary/aromatic N) is 1. The van der Waals surface area contributed by atoms with Gasteiger partial charge in [-0.05, 0) is 52.6 Å². The fraction of sp³-hybridized carbons (Fsp3) is 0.242. The predicted molar refractivity (Wildman–Crippen MR) is 160 cm³/mol. The largest absolute Gasteiger partial charge is 0.408 e. The summed E-state index contributed by atoms with van der Waals surface area (Å²) in [5.74, 6) is 0. The molecule has 0 aromatic heterocycles. The topological polar surface area (TPSA) is 113 Å². The van der Waals surface area contributed by atoms with Crippen molar-refractivity contribution < 1.29 is 24.6 Å². The number of aliphatic hydroxyl groups is 2. The average Bonchev–Trinajstić information content (AvgIpc) is 3.00. The summed E-state index contributed by atoms with van der Waals surface area (Å²) in [5, 5.41) is 20.7. The van der Waals surface area contributed by atoms with Crippen molar-refractivity contribution in [3.8, 4) is 0 Å². The number of benzene rings is 4. The third-order valence-corrected chi connectivity index (χ3v) is 11.4. The van der Waals surface area contributed by atoms with E-state index in [1.807, 2.05) is 109 Å². The first-order valence-electron chi connectivity index (χ1n) is 13.8. The number of carbonyl (C=O) groups is 1. The normalized spacial score (nSPS) is 20.0. The molecule has 5 N–H and O–H groups in total. The van der Waals surface area contributed by atoms with E-state index < -0.39 is 19.4 Å². The molecule has 1 aliphatic rings. The third-order valence-electron chi connectivity index (χ3n) is 8.10. The zero-order valence-corrected chi connectivity index (χ0v) is 23.9. The van der Waals surface area contributed by atoms with E-state index in [1.165, 1.54) is 0 Å². The van der Waals surface area contributed by atoms with E-state index in [-0.39, 0.29) is 38.6 Å². The summed E-state index contributed by atoms with van der Waals surface area (Å²) < 4.78 is 0. The lowest BCUT2D eigenvalue weighted by molar-refractivity contribution is 0.0894. The van der Waals surface area contributed by atoms with Gasteiger partial charge in [-0.1, -0.05) is 109 Å². The van der Waals surface area contributed by atoms with Crippen molar-refractivity contribution in [2.75, 3.05) is 0 Å². The van der Waals surface area contributed by atoms with Gasteiger partial charge in [-0.3, -0.25) is 0 Å². The highest BCUT2D eigenvalue weighted by atomic mass is 28.4. The van der Waals surface area contributed by atoms with Crippen LogP contribution in [0.1, 0.15) is 33.4 Å². The minimum atomic E-state index is -4.34. The highest BCUT2D eigenvalue weighted by Gasteiger charge is 2.65. The molecule has 2 amide bonds. The van der Waals surface area contributed by atoms with Gasteiger partial charge in [-0.15, -0.1) is 0 Å². The molecule has 7 nitrogen and oxygen atoms in total. The molecule has 0 aliphatic carbocycles. The van der Waals surface area contributed by atoms with Crippen LogP contribution in [0.25, 0.3) is 0 Å². The van der Waals surface area contributed by atoms with Gasteiger partial charge in [0.1, 0.15) is 0 Å². The number of nitrogens with one attached hydrogen (secondary N) is 1. The van der Waals surface area contributed by atoms with Crippen LogP contribution in [0.3, 0.4) is 0 Å². The molecule has 212 valence electrons. The van der Waals surface area contributed by atoms with Gasteiger partial charge in [-0.2, -0.15) is 0 Å². The van der Waals surface area contributed by atoms with Gasteiger partial charge < -0.3 is 30.0 Å². The molecule has 4 aromatic rings. The van der Waals surface area contributed by atoms with Crippen molar-refractivity contribution in [1.29, 1.82) is 0 Å². The lowest BCUT2D eigenvalue weighted by Crippen LogP contribution is -2.84. The van der Waals surface area contributed by atoms with Gasteiger partial charge in [-0.25, -0.2) is 4.79 Å². The van der Waals surface area contributed by atoms with Gasteiger partial charge in [0, 0.05) is 6.54 Å². The molecular weight excluding hydrogens is 532 g/mol. The molecule has 4 aromatic carbocycles. The summed E-state index contributed by atoms with van der Waals surface area (Å²) in [5.41, 5.74) is 4.13. The molecule has 0 unspecified atom stereocenters. The van der Waals surface area contributed by atoms with Crippen molar-refractivity contribution in [2.45, 2.75) is 49.8 Å². The van der Waals surface area contributed by atoms with Crippen LogP contribution >= 0.6 is 0 Å². The number of hydrogen-bond acceptors (Lipinski definition) is 5. The molecule has 1 saturated heterocycles. The quantitative estimate of drug-likeness (QED) is 0.188. The molecule has 5 rings (SSSR count). The fourth-order valence-electron chi connectivity index (χ4n) is 5.79. The van der Waals surface area contributed by atoms with Crippen molar-refractivity contribution in [1.82, 2.24) is 10.2 Å². The standard InChI is InChI=1S/C33H36N2O5Si/c36-23-29-15-11-27(12-16-29)21-33(20-26-9-5-2-6-10-26)35(22-28-13-17-30(24-37)18-14-28)32(38)34-31(41(33,39)40)19-25-7-3-1-4-8-25/h1-18,31,36-37,39-40H,19-24H2,(H,34,38)/t31-,33-/m1/s1. The first-order valence-corrected chi connectivity index (χ1v) is 15.8. The monoisotopic (exact) mass is 568 g/mol. The van der Waals surface area contributed by atoms with Crippen molar-refractivity contribution in [2.24, 2.45) is 0 Å². The Labute approximate surface area is 241 Å². The maximum atomic E-state index is 14.0. The number of carbonyl (C=O) groups excluding carboxylic acids is 1. The van der Waals surface area contributed by atoms with Crippen LogP contribution < -0.4 is 5.32 Å². The molecule has 0 radical (unpaired) electrons. The van der Waals surface area contributed by atoms with Gasteiger partial charge in [0.15, 0.2) is 0 Å². The summed E-state index contributed by atoms with van der Waals surface area (Å²) in [6.07, 6.45) is 0.771. The van der Waals surface area contributed by atoms with Crippen molar-refractivity contribution in [3.63, 3.8) is 0 Å². The minimum Gasteiger partial charge on any atom is -0.408 e. The van der Waals surface area contributed by atoms with Gasteiger partial charge in [0.25, 0.3) is 0 Å². The van der Waals surface area contributed by atoms with Crippen LogP contribution in [0.5, 0.6) is 0 Å². The Morgan fingerprint density at radius 3 is 1.59 bits per heavy atom. The Morgan fingerprint density at radius 1 is 0.634 bits per heavy atom. The molecule has 1 heterocycles. The van der Waals surface area contributed by atoms with E-state index in [2.05, 4.69) is 5.32 Å². The molecule has 8 heteroatoms. The minimum absolute atomic E-state index is 0.0866. The highest BCUT2D eigenvalue weighted by molar-refractivity contribution is 6.71. The maximum Gasteiger partial charge on any atom is 0.383 e. The van der Waals surface area contributed by atoms with E-state index in [9.17, 15) is 24.6 Å². The van der Waals surface area contributed by atoms with Crippen LogP contribution in [0.2, 0.25) is 0 Å². The molecular formula is C33H36N2O5Si. The second-order valence-corrected chi connectivity index (χ2v) is 13.9. The molecule has 0 saturated carbocycles. The van der Waals surface area contributed by atoms with Crippen LogP contribution in [0.15, 0.2) is 109 Å². The summed E-state index contributed by atoms with van der Waals surface area (Å²) in [4.78, 5) is 40.5. The predicted octanol–water partition coefficient (Wildman–Crippen LogP) is 3.54. The Kier molecular flexibility index (Phi) is 8.67. The second kappa shape index (κ2) is 12.4. The number of rotatable bonds is 10. The Hall–Kier alpha value is -3.79.